The molecule has 114 valence electrons. The van der Waals surface area contributed by atoms with Gasteiger partial charge in [0.15, 0.2) is 0 Å². The molecule has 0 aliphatic rings. The van der Waals surface area contributed by atoms with Crippen LogP contribution in [-0.2, 0) is 23.8 Å². The van der Waals surface area contributed by atoms with Crippen molar-refractivity contribution in [1.82, 2.24) is 0 Å². The molecule has 0 amide bonds. The van der Waals surface area contributed by atoms with Gasteiger partial charge in [0.25, 0.3) is 0 Å². The summed E-state index contributed by atoms with van der Waals surface area (Å²) < 4.78 is 14.9. The summed E-state index contributed by atoms with van der Waals surface area (Å²) in [6.45, 7) is 3.59. The van der Waals surface area contributed by atoms with Gasteiger partial charge in [0, 0.05) is 5.69 Å². The van der Waals surface area contributed by atoms with Crippen LogP contribution in [0, 0.1) is 0 Å². The minimum absolute atomic E-state index is 0.0156. The Labute approximate surface area is 123 Å². The summed E-state index contributed by atoms with van der Waals surface area (Å²) in [5.41, 5.74) is 0.366. The molecule has 0 saturated carbocycles. The highest BCUT2D eigenvalue weighted by atomic mass is 16.6. The minimum atomic E-state index is -0.795. The van der Waals surface area contributed by atoms with E-state index in [2.05, 4.69) is 5.32 Å². The van der Waals surface area contributed by atoms with Crippen molar-refractivity contribution in [2.45, 2.75) is 13.8 Å². The fourth-order valence-corrected chi connectivity index (χ4v) is 1.54. The molecular weight excluding hydrogens is 274 g/mol. The van der Waals surface area contributed by atoms with E-state index >= 15 is 0 Å². The van der Waals surface area contributed by atoms with Crippen LogP contribution in [0.25, 0.3) is 0 Å². The normalized spacial score (nSPS) is 9.48. The number of carbonyl (C=O) groups excluding carboxylic acids is 2. The molecule has 1 rings (SSSR count). The number of carbonyl (C=O) groups is 2. The molecule has 0 aliphatic heterocycles. The predicted molar refractivity (Wildman–Crippen MR) is 77.4 cm³/mol. The molecule has 0 saturated heterocycles. The maximum absolute atomic E-state index is 11.9. The van der Waals surface area contributed by atoms with E-state index in [1.807, 2.05) is 18.2 Å². The number of hydrogen-bond donors (Lipinski definition) is 1. The molecule has 0 radical (unpaired) electrons. The zero-order valence-electron chi connectivity index (χ0n) is 12.3. The van der Waals surface area contributed by atoms with Gasteiger partial charge in [-0.25, -0.2) is 9.59 Å². The van der Waals surface area contributed by atoms with Crippen LogP contribution < -0.4 is 5.32 Å². The highest BCUT2D eigenvalue weighted by molar-refractivity contribution is 6.14. The van der Waals surface area contributed by atoms with Crippen LogP contribution in [0.2, 0.25) is 0 Å². The second-order valence-corrected chi connectivity index (χ2v) is 3.84. The van der Waals surface area contributed by atoms with Crippen molar-refractivity contribution in [2.75, 3.05) is 25.6 Å². The van der Waals surface area contributed by atoms with Crippen LogP contribution in [-0.4, -0.2) is 32.3 Å². The van der Waals surface area contributed by atoms with Crippen LogP contribution in [0.1, 0.15) is 13.8 Å². The molecule has 0 aromatic heterocycles. The zero-order chi connectivity index (χ0) is 15.7. The van der Waals surface area contributed by atoms with Gasteiger partial charge in [-0.1, -0.05) is 18.2 Å². The zero-order valence-corrected chi connectivity index (χ0v) is 12.3. The van der Waals surface area contributed by atoms with Gasteiger partial charge in [-0.15, -0.1) is 0 Å². The first-order valence-corrected chi connectivity index (χ1v) is 6.58. The highest BCUT2D eigenvalue weighted by Gasteiger charge is 2.27. The smallest absolute Gasteiger partial charge is 0.351 e. The van der Waals surface area contributed by atoms with Crippen molar-refractivity contribution in [3.8, 4) is 0 Å². The van der Waals surface area contributed by atoms with E-state index in [-0.39, 0.29) is 24.7 Å². The molecule has 0 spiro atoms. The first kappa shape index (κ1) is 16.6. The first-order chi connectivity index (χ1) is 10.1. The molecule has 6 nitrogen and oxygen atoms in total. The highest BCUT2D eigenvalue weighted by Crippen LogP contribution is 2.15. The molecule has 21 heavy (non-hydrogen) atoms. The van der Waals surface area contributed by atoms with E-state index in [4.69, 9.17) is 14.2 Å². The SMILES string of the molecule is CCOC(=O)C(C(=O)OCC)=C(Nc1ccccc1)OC. The number of anilines is 1. The van der Waals surface area contributed by atoms with Crippen molar-refractivity contribution >= 4 is 17.6 Å². The maximum Gasteiger partial charge on any atom is 0.351 e. The third-order valence-electron chi connectivity index (χ3n) is 2.42. The third kappa shape index (κ3) is 4.83. The quantitative estimate of drug-likeness (QED) is 0.273. The lowest BCUT2D eigenvalue weighted by atomic mass is 10.2. The summed E-state index contributed by atoms with van der Waals surface area (Å²) in [6, 6.07) is 9.01. The first-order valence-electron chi connectivity index (χ1n) is 6.58. The fraction of sp³-hybridized carbons (Fsp3) is 0.333. The molecule has 0 heterocycles. The number of hydrogen-bond acceptors (Lipinski definition) is 6. The van der Waals surface area contributed by atoms with Gasteiger partial charge in [0.2, 0.25) is 11.5 Å². The van der Waals surface area contributed by atoms with Gasteiger partial charge >= 0.3 is 11.9 Å². The molecule has 1 aromatic rings. The van der Waals surface area contributed by atoms with Gasteiger partial charge < -0.3 is 19.5 Å². The molecule has 0 aliphatic carbocycles. The monoisotopic (exact) mass is 293 g/mol. The van der Waals surface area contributed by atoms with Crippen molar-refractivity contribution in [3.63, 3.8) is 0 Å². The average Bonchev–Trinajstić information content (AvgIpc) is 2.48. The molecule has 0 unspecified atom stereocenters. The Kier molecular flexibility index (Phi) is 6.80. The summed E-state index contributed by atoms with van der Waals surface area (Å²) in [5, 5.41) is 2.86. The van der Waals surface area contributed by atoms with Gasteiger partial charge in [0.05, 0.1) is 20.3 Å². The van der Waals surface area contributed by atoms with Gasteiger partial charge in [0.1, 0.15) is 0 Å². The van der Waals surface area contributed by atoms with E-state index in [1.165, 1.54) is 7.11 Å². The van der Waals surface area contributed by atoms with Crippen molar-refractivity contribution in [1.29, 1.82) is 0 Å². The average molecular weight is 293 g/mol. The Balaban J connectivity index is 3.14. The number of ether oxygens (including phenoxy) is 3. The summed E-state index contributed by atoms with van der Waals surface area (Å²) in [6.07, 6.45) is 0. The maximum atomic E-state index is 11.9. The molecule has 0 fully saturated rings. The van der Waals surface area contributed by atoms with E-state index in [9.17, 15) is 9.59 Å². The molecule has 1 aromatic carbocycles. The van der Waals surface area contributed by atoms with Gasteiger partial charge in [-0.2, -0.15) is 0 Å². The van der Waals surface area contributed by atoms with Gasteiger partial charge in [-0.3, -0.25) is 0 Å². The topological polar surface area (TPSA) is 73.9 Å². The second-order valence-electron chi connectivity index (χ2n) is 3.84. The number of methoxy groups -OCH3 is 1. The molecule has 6 heteroatoms. The summed E-state index contributed by atoms with van der Waals surface area (Å²) in [5.74, 6) is -1.61. The van der Waals surface area contributed by atoms with E-state index in [0.29, 0.717) is 5.69 Å². The standard InChI is InChI=1S/C15H19NO5/c1-4-20-14(17)12(15(18)21-5-2)13(19-3)16-11-9-7-6-8-10-11/h6-10,16H,4-5H2,1-3H3. The number of rotatable bonds is 7. The molecule has 1 N–H and O–H groups in total. The van der Waals surface area contributed by atoms with E-state index < -0.39 is 11.9 Å². The van der Waals surface area contributed by atoms with Gasteiger partial charge in [-0.05, 0) is 26.0 Å². The van der Waals surface area contributed by atoms with Crippen LogP contribution in [0.5, 0.6) is 0 Å². The summed E-state index contributed by atoms with van der Waals surface area (Å²) in [4.78, 5) is 23.9. The van der Waals surface area contributed by atoms with Crippen LogP contribution in [0.3, 0.4) is 0 Å². The Hall–Kier alpha value is -2.50. The van der Waals surface area contributed by atoms with E-state index in [1.54, 1.807) is 26.0 Å². The summed E-state index contributed by atoms with van der Waals surface area (Å²) >= 11 is 0. The molecular formula is C15H19NO5. The number of nitrogens with one attached hydrogen (secondary N) is 1. The Morgan fingerprint density at radius 3 is 1.95 bits per heavy atom. The number of benzene rings is 1. The lowest BCUT2D eigenvalue weighted by Gasteiger charge is -2.14. The van der Waals surface area contributed by atoms with Crippen LogP contribution in [0.15, 0.2) is 41.8 Å². The second kappa shape index (κ2) is 8.63. The van der Waals surface area contributed by atoms with Crippen molar-refractivity contribution < 1.29 is 23.8 Å². The summed E-state index contributed by atoms with van der Waals surface area (Å²) in [7, 11) is 1.35. The van der Waals surface area contributed by atoms with Crippen molar-refractivity contribution in [2.24, 2.45) is 0 Å². The molecule has 0 atom stereocenters. The predicted octanol–water partition coefficient (Wildman–Crippen LogP) is 2.08. The minimum Gasteiger partial charge on any atom is -0.481 e. The Bertz CT molecular complexity index is 490. The Morgan fingerprint density at radius 2 is 1.52 bits per heavy atom. The number of esters is 2. The molecule has 0 bridgehead atoms. The lowest BCUT2D eigenvalue weighted by Crippen LogP contribution is -2.23. The number of para-hydroxylation sites is 1. The largest absolute Gasteiger partial charge is 0.481 e. The van der Waals surface area contributed by atoms with Crippen LogP contribution in [0.4, 0.5) is 5.69 Å². The fourth-order valence-electron chi connectivity index (χ4n) is 1.54. The Morgan fingerprint density at radius 1 is 1.00 bits per heavy atom. The third-order valence-corrected chi connectivity index (χ3v) is 2.42. The van der Waals surface area contributed by atoms with E-state index in [0.717, 1.165) is 0 Å². The lowest BCUT2D eigenvalue weighted by molar-refractivity contribution is -0.147. The van der Waals surface area contributed by atoms with Crippen LogP contribution >= 0.6 is 0 Å². The van der Waals surface area contributed by atoms with Crippen molar-refractivity contribution in [3.05, 3.63) is 41.8 Å².